The maximum absolute atomic E-state index is 6.04. The van der Waals surface area contributed by atoms with Gasteiger partial charge in [-0.25, -0.2) is 9.97 Å². The molecule has 0 saturated carbocycles. The monoisotopic (exact) mass is 484 g/mol. The molecule has 0 aliphatic rings. The molecule has 6 heteroatoms. The third-order valence-electron chi connectivity index (χ3n) is 6.01. The summed E-state index contributed by atoms with van der Waals surface area (Å²) in [5, 5.41) is 0. The topological polar surface area (TPSA) is 76.8 Å². The molecule has 180 valence electrons. The molecule has 2 aromatic heterocycles. The first kappa shape index (κ1) is 22.6. The number of para-hydroxylation sites is 4. The molecule has 0 aliphatic carbocycles. The Bertz CT molecular complexity index is 1570. The summed E-state index contributed by atoms with van der Waals surface area (Å²) < 4.78 is 12.1. The van der Waals surface area contributed by atoms with E-state index < -0.39 is 0 Å². The SMILES string of the molecule is C(Cc1cccc2oc(Cc3nc4c(CC=Nc5ccccc5)cccc4o3)nc12)=Nc1ccccc1. The van der Waals surface area contributed by atoms with Crippen molar-refractivity contribution >= 4 is 46.0 Å². The van der Waals surface area contributed by atoms with Crippen molar-refractivity contribution in [2.24, 2.45) is 9.98 Å². The van der Waals surface area contributed by atoms with Gasteiger partial charge < -0.3 is 8.83 Å². The first-order chi connectivity index (χ1) is 18.3. The molecule has 0 saturated heterocycles. The Morgan fingerprint density at radius 2 is 1.00 bits per heavy atom. The van der Waals surface area contributed by atoms with Crippen molar-refractivity contribution in [3.63, 3.8) is 0 Å². The summed E-state index contributed by atoms with van der Waals surface area (Å²) in [5.41, 5.74) is 7.14. The number of aliphatic imine (C=N–C) groups is 2. The van der Waals surface area contributed by atoms with Crippen LogP contribution in [0.2, 0.25) is 0 Å². The second-order valence-corrected chi connectivity index (χ2v) is 8.62. The molecule has 6 rings (SSSR count). The van der Waals surface area contributed by atoms with Gasteiger partial charge in [0.15, 0.2) is 11.2 Å². The van der Waals surface area contributed by atoms with E-state index in [2.05, 4.69) is 9.98 Å². The molecule has 0 radical (unpaired) electrons. The Labute approximate surface area is 214 Å². The zero-order valence-corrected chi connectivity index (χ0v) is 20.1. The maximum atomic E-state index is 6.04. The zero-order valence-electron chi connectivity index (χ0n) is 20.1. The van der Waals surface area contributed by atoms with Gasteiger partial charge in [0, 0.05) is 25.3 Å². The number of benzene rings is 4. The standard InChI is InChI=1S/C31H24N4O2/c1-3-11-24(12-4-1)32-19-17-22-9-7-15-26-30(22)34-28(36-26)21-29-35-31-23(10-8-16-27(31)37-29)18-20-33-25-13-5-2-6-14-25/h1-16,19-20H,17-18,21H2. The molecule has 0 atom stereocenters. The number of nitrogens with zero attached hydrogens (tertiary/aromatic N) is 4. The molecule has 0 spiro atoms. The van der Waals surface area contributed by atoms with E-state index in [0.717, 1.165) is 44.7 Å². The van der Waals surface area contributed by atoms with Crippen LogP contribution in [0.4, 0.5) is 11.4 Å². The molecule has 0 bridgehead atoms. The zero-order chi connectivity index (χ0) is 24.9. The Kier molecular flexibility index (Phi) is 6.37. The number of fused-ring (bicyclic) bond motifs is 2. The van der Waals surface area contributed by atoms with Crippen molar-refractivity contribution in [3.8, 4) is 0 Å². The maximum Gasteiger partial charge on any atom is 0.204 e. The van der Waals surface area contributed by atoms with E-state index in [4.69, 9.17) is 18.8 Å². The molecule has 37 heavy (non-hydrogen) atoms. The van der Waals surface area contributed by atoms with Crippen LogP contribution in [0.1, 0.15) is 22.9 Å². The Balaban J connectivity index is 1.20. The fourth-order valence-corrected chi connectivity index (χ4v) is 4.24. The fourth-order valence-electron chi connectivity index (χ4n) is 4.24. The molecule has 0 aliphatic heterocycles. The molecule has 0 unspecified atom stereocenters. The minimum Gasteiger partial charge on any atom is -0.440 e. The van der Waals surface area contributed by atoms with Crippen molar-refractivity contribution in [1.82, 2.24) is 9.97 Å². The number of hydrogen-bond acceptors (Lipinski definition) is 6. The summed E-state index contributed by atoms with van der Waals surface area (Å²) in [5.74, 6) is 1.14. The van der Waals surface area contributed by atoms with Crippen LogP contribution in [-0.4, -0.2) is 22.4 Å². The van der Waals surface area contributed by atoms with Crippen LogP contribution in [-0.2, 0) is 19.3 Å². The highest BCUT2D eigenvalue weighted by Gasteiger charge is 2.15. The van der Waals surface area contributed by atoms with Crippen molar-refractivity contribution in [2.45, 2.75) is 19.3 Å². The Morgan fingerprint density at radius 3 is 1.46 bits per heavy atom. The minimum atomic E-state index is 0.373. The number of aromatic nitrogens is 2. The lowest BCUT2D eigenvalue weighted by Crippen LogP contribution is -1.91. The van der Waals surface area contributed by atoms with Gasteiger partial charge in [-0.3, -0.25) is 9.98 Å². The van der Waals surface area contributed by atoms with Gasteiger partial charge in [-0.15, -0.1) is 0 Å². The quantitative estimate of drug-likeness (QED) is 0.210. The molecule has 0 fully saturated rings. The van der Waals surface area contributed by atoms with Crippen molar-refractivity contribution in [1.29, 1.82) is 0 Å². The normalized spacial score (nSPS) is 11.9. The predicted octanol–water partition coefficient (Wildman–Crippen LogP) is 7.45. The molecular weight excluding hydrogens is 460 g/mol. The highest BCUT2D eigenvalue weighted by atomic mass is 16.4. The lowest BCUT2D eigenvalue weighted by Gasteiger charge is -1.96. The van der Waals surface area contributed by atoms with Gasteiger partial charge in [0.05, 0.1) is 11.4 Å². The van der Waals surface area contributed by atoms with Crippen LogP contribution in [0.15, 0.2) is 116 Å². The third-order valence-corrected chi connectivity index (χ3v) is 6.01. The first-order valence-electron chi connectivity index (χ1n) is 12.2. The van der Waals surface area contributed by atoms with Gasteiger partial charge in [-0.2, -0.15) is 0 Å². The number of hydrogen-bond donors (Lipinski definition) is 0. The molecular formula is C31H24N4O2. The lowest BCUT2D eigenvalue weighted by molar-refractivity contribution is 0.488. The predicted molar refractivity (Wildman–Crippen MR) is 147 cm³/mol. The average molecular weight is 485 g/mol. The van der Waals surface area contributed by atoms with Crippen LogP contribution < -0.4 is 0 Å². The highest BCUT2D eigenvalue weighted by Crippen LogP contribution is 2.25. The summed E-state index contributed by atoms with van der Waals surface area (Å²) in [6.45, 7) is 0. The molecule has 6 aromatic rings. The van der Waals surface area contributed by atoms with Crippen LogP contribution in [0.3, 0.4) is 0 Å². The van der Waals surface area contributed by atoms with Crippen LogP contribution in [0.5, 0.6) is 0 Å². The minimum absolute atomic E-state index is 0.373. The van der Waals surface area contributed by atoms with E-state index in [9.17, 15) is 0 Å². The second-order valence-electron chi connectivity index (χ2n) is 8.62. The van der Waals surface area contributed by atoms with E-state index in [1.54, 1.807) is 0 Å². The average Bonchev–Trinajstić information content (AvgIpc) is 3.54. The molecule has 2 heterocycles. The second kappa shape index (κ2) is 10.4. The van der Waals surface area contributed by atoms with Crippen LogP contribution >= 0.6 is 0 Å². The van der Waals surface area contributed by atoms with Crippen LogP contribution in [0.25, 0.3) is 22.2 Å². The lowest BCUT2D eigenvalue weighted by atomic mass is 10.1. The third kappa shape index (κ3) is 5.23. The Hall–Kier alpha value is -4.84. The van der Waals surface area contributed by atoms with Crippen molar-refractivity contribution < 1.29 is 8.83 Å². The van der Waals surface area contributed by atoms with Crippen molar-refractivity contribution in [2.75, 3.05) is 0 Å². The van der Waals surface area contributed by atoms with Gasteiger partial charge >= 0.3 is 0 Å². The summed E-state index contributed by atoms with van der Waals surface area (Å²) in [6, 6.07) is 31.7. The molecule has 6 nitrogen and oxygen atoms in total. The van der Waals surface area contributed by atoms with Gasteiger partial charge in [-0.1, -0.05) is 60.7 Å². The molecule has 0 amide bonds. The first-order valence-corrected chi connectivity index (χ1v) is 12.2. The van der Waals surface area contributed by atoms with Crippen LogP contribution in [0, 0.1) is 0 Å². The van der Waals surface area contributed by atoms with E-state index in [1.165, 1.54) is 0 Å². The highest BCUT2D eigenvalue weighted by molar-refractivity contribution is 5.82. The fraction of sp³-hybridized carbons (Fsp3) is 0.0968. The number of oxazole rings is 2. The largest absolute Gasteiger partial charge is 0.440 e. The summed E-state index contributed by atoms with van der Waals surface area (Å²) in [6.07, 6.45) is 5.51. The van der Waals surface area contributed by atoms with Gasteiger partial charge in [0.1, 0.15) is 17.5 Å². The van der Waals surface area contributed by atoms with Crippen molar-refractivity contribution in [3.05, 3.63) is 120 Å². The summed E-state index contributed by atoms with van der Waals surface area (Å²) >= 11 is 0. The molecule has 4 aromatic carbocycles. The molecule has 0 N–H and O–H groups in total. The summed E-state index contributed by atoms with van der Waals surface area (Å²) in [7, 11) is 0. The Morgan fingerprint density at radius 1 is 0.541 bits per heavy atom. The van der Waals surface area contributed by atoms with E-state index in [0.29, 0.717) is 31.0 Å². The summed E-state index contributed by atoms with van der Waals surface area (Å²) in [4.78, 5) is 18.6. The van der Waals surface area contributed by atoms with E-state index >= 15 is 0 Å². The smallest absolute Gasteiger partial charge is 0.204 e. The van der Waals surface area contributed by atoms with Gasteiger partial charge in [0.2, 0.25) is 11.8 Å². The van der Waals surface area contributed by atoms with E-state index in [-0.39, 0.29) is 0 Å². The van der Waals surface area contributed by atoms with E-state index in [1.807, 2.05) is 109 Å². The van der Waals surface area contributed by atoms with Gasteiger partial charge in [-0.05, 0) is 47.5 Å². The van der Waals surface area contributed by atoms with Gasteiger partial charge in [0.25, 0.3) is 0 Å². The number of rotatable bonds is 8.